The summed E-state index contributed by atoms with van der Waals surface area (Å²) in [7, 11) is 1.98. The highest BCUT2D eigenvalue weighted by atomic mass is 16.5. The van der Waals surface area contributed by atoms with Crippen molar-refractivity contribution in [3.8, 4) is 0 Å². The molecule has 2 aromatic carbocycles. The van der Waals surface area contributed by atoms with Gasteiger partial charge in [0.25, 0.3) is 0 Å². The van der Waals surface area contributed by atoms with Crippen molar-refractivity contribution >= 4 is 11.6 Å². The van der Waals surface area contributed by atoms with E-state index in [-0.39, 0.29) is 12.0 Å². The molecule has 0 radical (unpaired) electrons. The lowest BCUT2D eigenvalue weighted by atomic mass is 10.0. The minimum atomic E-state index is 0.0174. The van der Waals surface area contributed by atoms with Gasteiger partial charge in [0.05, 0.1) is 12.6 Å². The molecular weight excluding hydrogens is 324 g/mol. The number of para-hydroxylation sites is 1. The first-order valence-corrected chi connectivity index (χ1v) is 9.42. The molecule has 3 rings (SSSR count). The molecule has 4 heteroatoms. The third kappa shape index (κ3) is 5.68. The molecule has 1 aliphatic heterocycles. The van der Waals surface area contributed by atoms with Crippen LogP contribution >= 0.6 is 0 Å². The number of rotatable bonds is 7. The smallest absolute Gasteiger partial charge is 0.238 e. The van der Waals surface area contributed by atoms with Crippen LogP contribution in [0, 0.1) is 0 Å². The maximum Gasteiger partial charge on any atom is 0.238 e. The number of hydrogen-bond acceptors (Lipinski definition) is 3. The molecule has 0 aliphatic carbocycles. The molecule has 0 bridgehead atoms. The molecule has 1 saturated heterocycles. The summed E-state index contributed by atoms with van der Waals surface area (Å²) in [5.74, 6) is 0.0174. The fourth-order valence-electron chi connectivity index (χ4n) is 3.41. The number of ether oxygens (including phenoxy) is 1. The first-order valence-electron chi connectivity index (χ1n) is 9.42. The average molecular weight is 352 g/mol. The van der Waals surface area contributed by atoms with E-state index in [1.807, 2.05) is 48.3 Å². The molecule has 1 heterocycles. The third-order valence-electron chi connectivity index (χ3n) is 4.73. The Labute approximate surface area is 156 Å². The summed E-state index contributed by atoms with van der Waals surface area (Å²) in [5, 5.41) is 3.08. The highest BCUT2D eigenvalue weighted by molar-refractivity contribution is 5.93. The van der Waals surface area contributed by atoms with E-state index < -0.39 is 0 Å². The van der Waals surface area contributed by atoms with E-state index >= 15 is 0 Å². The van der Waals surface area contributed by atoms with Gasteiger partial charge in [0, 0.05) is 18.8 Å². The van der Waals surface area contributed by atoms with E-state index in [0.717, 1.165) is 43.7 Å². The Balaban J connectivity index is 1.55. The fourth-order valence-corrected chi connectivity index (χ4v) is 3.41. The number of carbonyl (C=O) groups excluding carboxylic acids is 1. The van der Waals surface area contributed by atoms with E-state index in [4.69, 9.17) is 4.74 Å². The highest BCUT2D eigenvalue weighted by Crippen LogP contribution is 2.19. The van der Waals surface area contributed by atoms with Crippen LogP contribution in [0.15, 0.2) is 54.6 Å². The largest absolute Gasteiger partial charge is 0.377 e. The zero-order valence-corrected chi connectivity index (χ0v) is 15.5. The van der Waals surface area contributed by atoms with Crippen molar-refractivity contribution < 1.29 is 9.53 Å². The predicted octanol–water partition coefficient (Wildman–Crippen LogP) is 3.72. The van der Waals surface area contributed by atoms with Crippen LogP contribution < -0.4 is 5.32 Å². The molecule has 1 aliphatic rings. The number of nitrogens with one attached hydrogen (secondary N) is 1. The van der Waals surface area contributed by atoms with Crippen LogP contribution in [0.2, 0.25) is 0 Å². The third-order valence-corrected chi connectivity index (χ3v) is 4.73. The van der Waals surface area contributed by atoms with E-state index in [1.165, 1.54) is 12.0 Å². The summed E-state index contributed by atoms with van der Waals surface area (Å²) >= 11 is 0. The number of anilines is 1. The van der Waals surface area contributed by atoms with Crippen molar-refractivity contribution in [1.29, 1.82) is 0 Å². The zero-order chi connectivity index (χ0) is 18.2. The Bertz CT molecular complexity index is 696. The molecule has 1 amide bonds. The fraction of sp³-hybridized carbons (Fsp3) is 0.409. The van der Waals surface area contributed by atoms with Crippen molar-refractivity contribution in [1.82, 2.24) is 4.90 Å². The lowest BCUT2D eigenvalue weighted by Gasteiger charge is -2.27. The van der Waals surface area contributed by atoms with Crippen molar-refractivity contribution in [2.45, 2.75) is 31.8 Å². The van der Waals surface area contributed by atoms with Crippen molar-refractivity contribution in [2.24, 2.45) is 0 Å². The molecule has 138 valence electrons. The summed E-state index contributed by atoms with van der Waals surface area (Å²) in [6, 6.07) is 18.3. The minimum absolute atomic E-state index is 0.0174. The number of carbonyl (C=O) groups is 1. The molecule has 1 atom stereocenters. The van der Waals surface area contributed by atoms with Gasteiger partial charge in [-0.15, -0.1) is 0 Å². The summed E-state index contributed by atoms with van der Waals surface area (Å²) in [5.41, 5.74) is 3.26. The maximum absolute atomic E-state index is 12.5. The molecule has 0 aromatic heterocycles. The highest BCUT2D eigenvalue weighted by Gasteiger charge is 2.17. The van der Waals surface area contributed by atoms with Crippen LogP contribution in [0.4, 0.5) is 5.69 Å². The van der Waals surface area contributed by atoms with Gasteiger partial charge >= 0.3 is 0 Å². The molecule has 1 unspecified atom stereocenters. The van der Waals surface area contributed by atoms with Gasteiger partial charge in [0.2, 0.25) is 5.91 Å². The van der Waals surface area contributed by atoms with E-state index in [2.05, 4.69) is 23.5 Å². The van der Waals surface area contributed by atoms with Gasteiger partial charge in [0.1, 0.15) is 0 Å². The van der Waals surface area contributed by atoms with E-state index in [9.17, 15) is 4.79 Å². The number of benzene rings is 2. The lowest BCUT2D eigenvalue weighted by Crippen LogP contribution is -2.38. The van der Waals surface area contributed by atoms with Crippen LogP contribution in [0.3, 0.4) is 0 Å². The van der Waals surface area contributed by atoms with Gasteiger partial charge in [0.15, 0.2) is 0 Å². The topological polar surface area (TPSA) is 41.6 Å². The van der Waals surface area contributed by atoms with Crippen LogP contribution in [-0.4, -0.2) is 43.7 Å². The number of hydrogen-bond donors (Lipinski definition) is 1. The molecule has 0 spiro atoms. The van der Waals surface area contributed by atoms with Crippen LogP contribution in [0.1, 0.15) is 30.4 Å². The van der Waals surface area contributed by atoms with Gasteiger partial charge in [-0.2, -0.15) is 0 Å². The molecular formula is C22H28N2O2. The Morgan fingerprint density at radius 1 is 1.12 bits per heavy atom. The van der Waals surface area contributed by atoms with E-state index in [0.29, 0.717) is 6.54 Å². The van der Waals surface area contributed by atoms with Gasteiger partial charge in [-0.3, -0.25) is 9.69 Å². The summed E-state index contributed by atoms with van der Waals surface area (Å²) in [6.45, 7) is 2.02. The summed E-state index contributed by atoms with van der Waals surface area (Å²) < 4.78 is 5.76. The number of likely N-dealkylation sites (N-methyl/N-ethyl adjacent to an activating group) is 1. The minimum Gasteiger partial charge on any atom is -0.377 e. The monoisotopic (exact) mass is 352 g/mol. The first-order chi connectivity index (χ1) is 12.7. The average Bonchev–Trinajstić information content (AvgIpc) is 2.65. The second kappa shape index (κ2) is 9.51. The maximum atomic E-state index is 12.5. The Morgan fingerprint density at radius 3 is 2.65 bits per heavy atom. The van der Waals surface area contributed by atoms with Gasteiger partial charge in [-0.1, -0.05) is 48.5 Å². The van der Waals surface area contributed by atoms with Gasteiger partial charge in [-0.05, 0) is 49.9 Å². The first kappa shape index (κ1) is 18.6. The second-order valence-electron chi connectivity index (χ2n) is 7.05. The molecule has 1 N–H and O–H groups in total. The Kier molecular flexibility index (Phi) is 6.81. The number of nitrogens with zero attached hydrogens (tertiary/aromatic N) is 1. The summed E-state index contributed by atoms with van der Waals surface area (Å²) in [6.07, 6.45) is 4.53. The molecule has 26 heavy (non-hydrogen) atoms. The number of amides is 1. The van der Waals surface area contributed by atoms with Gasteiger partial charge < -0.3 is 10.1 Å². The summed E-state index contributed by atoms with van der Waals surface area (Å²) in [4.78, 5) is 14.5. The molecule has 4 nitrogen and oxygen atoms in total. The molecule has 2 aromatic rings. The molecule has 1 fully saturated rings. The van der Waals surface area contributed by atoms with Crippen LogP contribution in [0.25, 0.3) is 0 Å². The second-order valence-corrected chi connectivity index (χ2v) is 7.05. The normalized spacial score (nSPS) is 17.2. The molecule has 0 saturated carbocycles. The SMILES string of the molecule is CN(CC(=O)Nc1ccccc1Cc1ccccc1)CC1CCCCO1. The van der Waals surface area contributed by atoms with Crippen molar-refractivity contribution in [2.75, 3.05) is 32.1 Å². The van der Waals surface area contributed by atoms with Crippen LogP contribution in [0.5, 0.6) is 0 Å². The van der Waals surface area contributed by atoms with Gasteiger partial charge in [-0.25, -0.2) is 0 Å². The van der Waals surface area contributed by atoms with Crippen molar-refractivity contribution in [3.63, 3.8) is 0 Å². The zero-order valence-electron chi connectivity index (χ0n) is 15.5. The predicted molar refractivity (Wildman–Crippen MR) is 105 cm³/mol. The van der Waals surface area contributed by atoms with Crippen molar-refractivity contribution in [3.05, 3.63) is 65.7 Å². The van der Waals surface area contributed by atoms with Crippen LogP contribution in [-0.2, 0) is 16.0 Å². The standard InChI is InChI=1S/C22H28N2O2/c1-24(16-20-12-7-8-14-26-20)17-22(25)23-21-13-6-5-11-19(21)15-18-9-3-2-4-10-18/h2-6,9-11,13,20H,7-8,12,14-17H2,1H3,(H,23,25). The Hall–Kier alpha value is -2.17. The Morgan fingerprint density at radius 2 is 1.88 bits per heavy atom. The van der Waals surface area contributed by atoms with E-state index in [1.54, 1.807) is 0 Å². The lowest BCUT2D eigenvalue weighted by molar-refractivity contribution is -0.117. The quantitative estimate of drug-likeness (QED) is 0.826.